The van der Waals surface area contributed by atoms with Gasteiger partial charge in [-0.3, -0.25) is 14.2 Å². The van der Waals surface area contributed by atoms with E-state index >= 15 is 0 Å². The normalized spacial score (nSPS) is 17.4. The first kappa shape index (κ1) is 18.4. The number of thiophene rings is 1. The van der Waals surface area contributed by atoms with Crippen LogP contribution in [0.25, 0.3) is 10.2 Å². The highest BCUT2D eigenvalue weighted by atomic mass is 32.1. The largest absolute Gasteiger partial charge is 0.468 e. The van der Waals surface area contributed by atoms with Crippen LogP contribution in [0.3, 0.4) is 0 Å². The summed E-state index contributed by atoms with van der Waals surface area (Å²) in [6.07, 6.45) is 2.84. The number of hydrogen-bond donors (Lipinski definition) is 1. The van der Waals surface area contributed by atoms with Crippen molar-refractivity contribution in [3.8, 4) is 0 Å². The molecule has 2 aromatic heterocycles. The Labute approximate surface area is 159 Å². The summed E-state index contributed by atoms with van der Waals surface area (Å²) in [5, 5.41) is 0.619. The molecule has 0 saturated carbocycles. The van der Waals surface area contributed by atoms with Gasteiger partial charge in [0.15, 0.2) is 0 Å². The van der Waals surface area contributed by atoms with Gasteiger partial charge in [0.25, 0.3) is 5.56 Å². The van der Waals surface area contributed by atoms with Crippen molar-refractivity contribution in [3.63, 3.8) is 0 Å². The molecule has 146 valence electrons. The monoisotopic (exact) mass is 394 g/mol. The van der Waals surface area contributed by atoms with Crippen molar-refractivity contribution in [2.45, 2.75) is 32.4 Å². The Kier molecular flexibility index (Phi) is 5.16. The molecule has 0 amide bonds. The number of hydrogen-bond acceptors (Lipinski definition) is 6. The molecule has 0 atom stereocenters. The number of aryl methyl sites for hydroxylation is 2. The molecule has 9 heteroatoms. The molecule has 0 unspecified atom stereocenters. The highest BCUT2D eigenvalue weighted by Crippen LogP contribution is 2.34. The standard InChI is InChI=1S/C18H23N3O5S/c1-25-14(22)11-21-16(23)15-12-3-2-4-13(12)27-17(15)20(18(21)24)6-5-19-7-9-26-10-8-19/h2-11H2,1H3/p+1. The van der Waals surface area contributed by atoms with Crippen molar-refractivity contribution in [1.82, 2.24) is 9.13 Å². The second kappa shape index (κ2) is 7.57. The molecule has 2 aliphatic rings. The summed E-state index contributed by atoms with van der Waals surface area (Å²) >= 11 is 1.56. The molecule has 0 bridgehead atoms. The minimum absolute atomic E-state index is 0.348. The first-order valence-electron chi connectivity index (χ1n) is 9.36. The molecule has 0 aromatic carbocycles. The van der Waals surface area contributed by atoms with Gasteiger partial charge >= 0.3 is 11.7 Å². The van der Waals surface area contributed by atoms with Crippen molar-refractivity contribution in [2.24, 2.45) is 0 Å². The van der Waals surface area contributed by atoms with E-state index in [-0.39, 0.29) is 12.1 Å². The topological polar surface area (TPSA) is 84.0 Å². The fraction of sp³-hybridized carbons (Fsp3) is 0.611. The Morgan fingerprint density at radius 3 is 2.74 bits per heavy atom. The van der Waals surface area contributed by atoms with Crippen LogP contribution in [0.1, 0.15) is 16.9 Å². The lowest BCUT2D eigenvalue weighted by molar-refractivity contribution is -0.908. The van der Waals surface area contributed by atoms with Crippen LogP contribution in [-0.4, -0.2) is 55.1 Å². The van der Waals surface area contributed by atoms with Gasteiger partial charge in [0.2, 0.25) is 0 Å². The molecule has 0 radical (unpaired) electrons. The maximum absolute atomic E-state index is 13.0. The second-order valence-electron chi connectivity index (χ2n) is 7.05. The lowest BCUT2D eigenvalue weighted by atomic mass is 10.2. The summed E-state index contributed by atoms with van der Waals surface area (Å²) in [6, 6.07) is 0. The lowest BCUT2D eigenvalue weighted by Gasteiger charge is -2.24. The fourth-order valence-corrected chi connectivity index (χ4v) is 5.36. The van der Waals surface area contributed by atoms with Gasteiger partial charge in [-0.05, 0) is 24.8 Å². The predicted molar refractivity (Wildman–Crippen MR) is 101 cm³/mol. The molecule has 4 rings (SSSR count). The van der Waals surface area contributed by atoms with Crippen LogP contribution in [0, 0.1) is 0 Å². The Balaban J connectivity index is 1.79. The average molecular weight is 394 g/mol. The van der Waals surface area contributed by atoms with Gasteiger partial charge in [-0.15, -0.1) is 11.3 Å². The third-order valence-electron chi connectivity index (χ3n) is 5.47. The Bertz CT molecular complexity index is 984. The number of nitrogens with zero attached hydrogens (tertiary/aromatic N) is 2. The number of esters is 1. The van der Waals surface area contributed by atoms with Crippen LogP contribution in [0.4, 0.5) is 0 Å². The van der Waals surface area contributed by atoms with E-state index in [0.717, 1.165) is 67.1 Å². The molecule has 3 heterocycles. The van der Waals surface area contributed by atoms with Crippen LogP contribution in [0.2, 0.25) is 0 Å². The number of carbonyl (C=O) groups is 1. The summed E-state index contributed by atoms with van der Waals surface area (Å²) in [6.45, 7) is 4.26. The SMILES string of the molecule is COC(=O)Cn1c(=O)c2c3c(sc2n(CC[NH+]2CCOCC2)c1=O)CCC3. The molecule has 1 saturated heterocycles. The number of quaternary nitrogens is 1. The summed E-state index contributed by atoms with van der Waals surface area (Å²) in [5.41, 5.74) is 0.270. The van der Waals surface area contributed by atoms with Gasteiger partial charge in [0, 0.05) is 4.88 Å². The molecule has 1 fully saturated rings. The molecule has 1 aliphatic heterocycles. The summed E-state index contributed by atoms with van der Waals surface area (Å²) in [5.74, 6) is -0.592. The summed E-state index contributed by atoms with van der Waals surface area (Å²) in [7, 11) is 1.26. The van der Waals surface area contributed by atoms with E-state index in [9.17, 15) is 14.4 Å². The van der Waals surface area contributed by atoms with Crippen molar-refractivity contribution < 1.29 is 19.2 Å². The number of ether oxygens (including phenoxy) is 2. The highest BCUT2D eigenvalue weighted by molar-refractivity contribution is 7.18. The molecule has 27 heavy (non-hydrogen) atoms. The summed E-state index contributed by atoms with van der Waals surface area (Å²) < 4.78 is 12.8. The fourth-order valence-electron chi connectivity index (χ4n) is 3.97. The van der Waals surface area contributed by atoms with Gasteiger partial charge in [-0.1, -0.05) is 0 Å². The van der Waals surface area contributed by atoms with E-state index in [1.165, 1.54) is 16.9 Å². The van der Waals surface area contributed by atoms with Crippen LogP contribution >= 0.6 is 11.3 Å². The number of aromatic nitrogens is 2. The number of morpholine rings is 1. The number of methoxy groups -OCH3 is 1. The Morgan fingerprint density at radius 1 is 1.22 bits per heavy atom. The van der Waals surface area contributed by atoms with Gasteiger partial charge < -0.3 is 14.4 Å². The molecular weight excluding hydrogens is 370 g/mol. The molecule has 8 nitrogen and oxygen atoms in total. The van der Waals surface area contributed by atoms with Gasteiger partial charge in [-0.2, -0.15) is 0 Å². The molecule has 2 aromatic rings. The van der Waals surface area contributed by atoms with Crippen LogP contribution < -0.4 is 16.1 Å². The zero-order chi connectivity index (χ0) is 19.0. The molecule has 1 N–H and O–H groups in total. The maximum Gasteiger partial charge on any atom is 0.332 e. The number of rotatable bonds is 5. The smallest absolute Gasteiger partial charge is 0.332 e. The van der Waals surface area contributed by atoms with E-state index in [2.05, 4.69) is 4.74 Å². The predicted octanol–water partition coefficient (Wildman–Crippen LogP) is -1.20. The van der Waals surface area contributed by atoms with Crippen molar-refractivity contribution in [1.29, 1.82) is 0 Å². The van der Waals surface area contributed by atoms with E-state index in [4.69, 9.17) is 4.74 Å². The number of carbonyl (C=O) groups excluding carboxylic acids is 1. The maximum atomic E-state index is 13.0. The number of nitrogens with one attached hydrogen (secondary N) is 1. The third kappa shape index (κ3) is 3.35. The van der Waals surface area contributed by atoms with E-state index in [0.29, 0.717) is 11.9 Å². The van der Waals surface area contributed by atoms with Gasteiger partial charge in [0.05, 0.1) is 38.8 Å². The van der Waals surface area contributed by atoms with E-state index < -0.39 is 11.7 Å². The molecule has 0 spiro atoms. The van der Waals surface area contributed by atoms with E-state index in [1.54, 1.807) is 15.9 Å². The first-order chi connectivity index (χ1) is 13.1. The molecule has 1 aliphatic carbocycles. The van der Waals surface area contributed by atoms with Crippen molar-refractivity contribution in [2.75, 3.05) is 40.0 Å². The first-order valence-corrected chi connectivity index (χ1v) is 10.2. The van der Waals surface area contributed by atoms with Crippen LogP contribution in [0.15, 0.2) is 9.59 Å². The zero-order valence-corrected chi connectivity index (χ0v) is 16.2. The Morgan fingerprint density at radius 2 is 2.00 bits per heavy atom. The molecular formula is C18H24N3O5S+. The van der Waals surface area contributed by atoms with Crippen molar-refractivity contribution >= 4 is 27.5 Å². The lowest BCUT2D eigenvalue weighted by Crippen LogP contribution is -3.14. The summed E-state index contributed by atoms with van der Waals surface area (Å²) in [4.78, 5) is 41.2. The quantitative estimate of drug-likeness (QED) is 0.645. The minimum Gasteiger partial charge on any atom is -0.468 e. The third-order valence-corrected chi connectivity index (χ3v) is 6.79. The second-order valence-corrected chi connectivity index (χ2v) is 8.14. The van der Waals surface area contributed by atoms with E-state index in [1.807, 2.05) is 0 Å². The average Bonchev–Trinajstić information content (AvgIpc) is 3.27. The highest BCUT2D eigenvalue weighted by Gasteiger charge is 2.26. The Hall–Kier alpha value is -1.97. The van der Waals surface area contributed by atoms with Gasteiger partial charge in [0.1, 0.15) is 24.5 Å². The number of fused-ring (bicyclic) bond motifs is 3. The van der Waals surface area contributed by atoms with Crippen molar-refractivity contribution in [3.05, 3.63) is 31.3 Å². The van der Waals surface area contributed by atoms with Crippen LogP contribution in [-0.2, 0) is 40.2 Å². The zero-order valence-electron chi connectivity index (χ0n) is 15.4. The van der Waals surface area contributed by atoms with Gasteiger partial charge in [-0.25, -0.2) is 9.36 Å². The van der Waals surface area contributed by atoms with Crippen LogP contribution in [0.5, 0.6) is 0 Å². The minimum atomic E-state index is -0.592.